The lowest BCUT2D eigenvalue weighted by Gasteiger charge is -2.11. The van der Waals surface area contributed by atoms with Gasteiger partial charge in [0.25, 0.3) is 0 Å². The molecule has 1 N–H and O–H groups in total. The molecule has 28 heavy (non-hydrogen) atoms. The van der Waals surface area contributed by atoms with Gasteiger partial charge in [-0.3, -0.25) is 4.79 Å². The molecule has 6 nitrogen and oxygen atoms in total. The van der Waals surface area contributed by atoms with Crippen molar-refractivity contribution >= 4 is 28.4 Å². The SMILES string of the molecule is CCOC(=O)CCCCOc1ccc(Nc2nc(C)nc3ccccc23)cc1. The van der Waals surface area contributed by atoms with Gasteiger partial charge in [-0.15, -0.1) is 0 Å². The molecule has 2 aromatic carbocycles. The fraction of sp³-hybridized carbons (Fsp3) is 0.318. The molecule has 146 valence electrons. The molecule has 1 aromatic heterocycles. The van der Waals surface area contributed by atoms with Gasteiger partial charge in [0, 0.05) is 17.5 Å². The van der Waals surface area contributed by atoms with Gasteiger partial charge in [0.05, 0.1) is 18.7 Å². The summed E-state index contributed by atoms with van der Waals surface area (Å²) in [7, 11) is 0. The third kappa shape index (κ3) is 5.42. The summed E-state index contributed by atoms with van der Waals surface area (Å²) in [6.45, 7) is 4.70. The minimum Gasteiger partial charge on any atom is -0.494 e. The Balaban J connectivity index is 1.53. The number of fused-ring (bicyclic) bond motifs is 1. The standard InChI is InChI=1S/C22H25N3O3/c1-3-27-21(26)10-6-7-15-28-18-13-11-17(12-14-18)25-22-19-8-4-5-9-20(19)23-16(2)24-22/h4-5,8-9,11-14H,3,6-7,10,15H2,1-2H3,(H,23,24,25). The summed E-state index contributed by atoms with van der Waals surface area (Å²) in [5.41, 5.74) is 1.85. The lowest BCUT2D eigenvalue weighted by Crippen LogP contribution is -2.05. The first-order chi connectivity index (χ1) is 13.7. The van der Waals surface area contributed by atoms with E-state index >= 15 is 0 Å². The van der Waals surface area contributed by atoms with E-state index in [0.717, 1.165) is 46.8 Å². The highest BCUT2D eigenvalue weighted by atomic mass is 16.5. The third-order valence-electron chi connectivity index (χ3n) is 4.18. The van der Waals surface area contributed by atoms with Crippen molar-refractivity contribution in [1.29, 1.82) is 0 Å². The smallest absolute Gasteiger partial charge is 0.305 e. The van der Waals surface area contributed by atoms with E-state index in [1.165, 1.54) is 0 Å². The Bertz CT molecular complexity index is 926. The fourth-order valence-corrected chi connectivity index (χ4v) is 2.85. The van der Waals surface area contributed by atoms with Crippen LogP contribution in [-0.4, -0.2) is 29.2 Å². The zero-order valence-electron chi connectivity index (χ0n) is 16.3. The van der Waals surface area contributed by atoms with Crippen LogP contribution in [0.5, 0.6) is 5.75 Å². The van der Waals surface area contributed by atoms with Crippen molar-refractivity contribution in [1.82, 2.24) is 9.97 Å². The first-order valence-electron chi connectivity index (χ1n) is 9.54. The number of anilines is 2. The molecule has 3 aromatic rings. The van der Waals surface area contributed by atoms with E-state index in [1.807, 2.05) is 62.4 Å². The van der Waals surface area contributed by atoms with E-state index in [0.29, 0.717) is 19.6 Å². The van der Waals surface area contributed by atoms with Crippen LogP contribution < -0.4 is 10.1 Å². The minimum atomic E-state index is -0.148. The van der Waals surface area contributed by atoms with Crippen LogP contribution in [0.4, 0.5) is 11.5 Å². The number of rotatable bonds is 9. The second kappa shape index (κ2) is 9.69. The number of para-hydroxylation sites is 1. The molecular formula is C22H25N3O3. The second-order valence-electron chi connectivity index (χ2n) is 6.40. The van der Waals surface area contributed by atoms with Crippen LogP contribution in [0, 0.1) is 6.92 Å². The Kier molecular flexibility index (Phi) is 6.78. The van der Waals surface area contributed by atoms with Crippen LogP contribution in [0.15, 0.2) is 48.5 Å². The average molecular weight is 379 g/mol. The van der Waals surface area contributed by atoms with Crippen LogP contribution in [0.2, 0.25) is 0 Å². The molecule has 0 saturated carbocycles. The number of carbonyl (C=O) groups is 1. The number of nitrogens with zero attached hydrogens (tertiary/aromatic N) is 2. The van der Waals surface area contributed by atoms with Crippen LogP contribution in [0.25, 0.3) is 10.9 Å². The molecule has 1 heterocycles. The number of nitrogens with one attached hydrogen (secondary N) is 1. The highest BCUT2D eigenvalue weighted by Gasteiger charge is 2.06. The Morgan fingerprint density at radius 3 is 2.61 bits per heavy atom. The molecule has 0 atom stereocenters. The van der Waals surface area contributed by atoms with Crippen molar-refractivity contribution in [3.63, 3.8) is 0 Å². The highest BCUT2D eigenvalue weighted by Crippen LogP contribution is 2.25. The second-order valence-corrected chi connectivity index (χ2v) is 6.40. The largest absolute Gasteiger partial charge is 0.494 e. The number of ether oxygens (including phenoxy) is 2. The van der Waals surface area contributed by atoms with Crippen LogP contribution in [0.1, 0.15) is 32.0 Å². The normalized spacial score (nSPS) is 10.6. The van der Waals surface area contributed by atoms with Gasteiger partial charge in [0.15, 0.2) is 0 Å². The molecule has 0 aliphatic rings. The van der Waals surface area contributed by atoms with Crippen molar-refractivity contribution in [2.75, 3.05) is 18.5 Å². The first-order valence-corrected chi connectivity index (χ1v) is 9.54. The van der Waals surface area contributed by atoms with Gasteiger partial charge >= 0.3 is 5.97 Å². The Labute approximate surface area is 164 Å². The van der Waals surface area contributed by atoms with E-state index < -0.39 is 0 Å². The van der Waals surface area contributed by atoms with E-state index in [1.54, 1.807) is 0 Å². The number of aromatic nitrogens is 2. The number of unbranched alkanes of at least 4 members (excludes halogenated alkanes) is 1. The predicted molar refractivity (Wildman–Crippen MR) is 110 cm³/mol. The number of benzene rings is 2. The Hall–Kier alpha value is -3.15. The Morgan fingerprint density at radius 2 is 1.82 bits per heavy atom. The van der Waals surface area contributed by atoms with E-state index in [9.17, 15) is 4.79 Å². The molecule has 0 radical (unpaired) electrons. The average Bonchev–Trinajstić information content (AvgIpc) is 2.69. The molecule has 6 heteroatoms. The molecular weight excluding hydrogens is 354 g/mol. The van der Waals surface area contributed by atoms with Crippen molar-refractivity contribution < 1.29 is 14.3 Å². The molecule has 0 amide bonds. The number of esters is 1. The lowest BCUT2D eigenvalue weighted by molar-refractivity contribution is -0.143. The summed E-state index contributed by atoms with van der Waals surface area (Å²) in [4.78, 5) is 20.3. The van der Waals surface area contributed by atoms with Crippen LogP contribution >= 0.6 is 0 Å². The van der Waals surface area contributed by atoms with Crippen LogP contribution in [-0.2, 0) is 9.53 Å². The van der Waals surface area contributed by atoms with Gasteiger partial charge in [-0.1, -0.05) is 12.1 Å². The molecule has 0 fully saturated rings. The molecule has 0 saturated heterocycles. The molecule has 0 bridgehead atoms. The number of carbonyl (C=O) groups excluding carboxylic acids is 1. The fourth-order valence-electron chi connectivity index (χ4n) is 2.85. The zero-order chi connectivity index (χ0) is 19.8. The summed E-state index contributed by atoms with van der Waals surface area (Å²) in [6, 6.07) is 15.7. The number of hydrogen-bond acceptors (Lipinski definition) is 6. The predicted octanol–water partition coefficient (Wildman–Crippen LogP) is 4.79. The molecule has 0 aliphatic carbocycles. The summed E-state index contributed by atoms with van der Waals surface area (Å²) < 4.78 is 10.6. The zero-order valence-corrected chi connectivity index (χ0v) is 16.3. The molecule has 3 rings (SSSR count). The van der Waals surface area contributed by atoms with E-state index in [-0.39, 0.29) is 5.97 Å². The van der Waals surface area contributed by atoms with Gasteiger partial charge in [0.1, 0.15) is 17.4 Å². The summed E-state index contributed by atoms with van der Waals surface area (Å²) >= 11 is 0. The van der Waals surface area contributed by atoms with Gasteiger partial charge in [-0.25, -0.2) is 9.97 Å². The number of aryl methyl sites for hydroxylation is 1. The molecule has 0 unspecified atom stereocenters. The van der Waals surface area contributed by atoms with Crippen molar-refractivity contribution in [3.8, 4) is 5.75 Å². The van der Waals surface area contributed by atoms with Gasteiger partial charge in [-0.05, 0) is 63.1 Å². The van der Waals surface area contributed by atoms with Crippen molar-refractivity contribution in [3.05, 3.63) is 54.4 Å². The van der Waals surface area contributed by atoms with E-state index in [2.05, 4.69) is 15.3 Å². The van der Waals surface area contributed by atoms with Crippen LogP contribution in [0.3, 0.4) is 0 Å². The topological polar surface area (TPSA) is 73.3 Å². The minimum absolute atomic E-state index is 0.148. The molecule has 0 aliphatic heterocycles. The van der Waals surface area contributed by atoms with E-state index in [4.69, 9.17) is 9.47 Å². The van der Waals surface area contributed by atoms with Crippen molar-refractivity contribution in [2.24, 2.45) is 0 Å². The van der Waals surface area contributed by atoms with Gasteiger partial charge < -0.3 is 14.8 Å². The third-order valence-corrected chi connectivity index (χ3v) is 4.18. The maximum atomic E-state index is 11.3. The summed E-state index contributed by atoms with van der Waals surface area (Å²) in [5, 5.41) is 4.34. The quantitative estimate of drug-likeness (QED) is 0.425. The highest BCUT2D eigenvalue weighted by molar-refractivity contribution is 5.90. The maximum Gasteiger partial charge on any atom is 0.305 e. The monoisotopic (exact) mass is 379 g/mol. The summed E-state index contributed by atoms with van der Waals surface area (Å²) in [6.07, 6.45) is 2.01. The van der Waals surface area contributed by atoms with Gasteiger partial charge in [0.2, 0.25) is 0 Å². The Morgan fingerprint density at radius 1 is 1.04 bits per heavy atom. The van der Waals surface area contributed by atoms with Crippen molar-refractivity contribution in [2.45, 2.75) is 33.1 Å². The first kappa shape index (κ1) is 19.6. The summed E-state index contributed by atoms with van der Waals surface area (Å²) in [5.74, 6) is 2.16. The lowest BCUT2D eigenvalue weighted by atomic mass is 10.2. The number of hydrogen-bond donors (Lipinski definition) is 1. The maximum absolute atomic E-state index is 11.3. The van der Waals surface area contributed by atoms with Gasteiger partial charge in [-0.2, -0.15) is 0 Å². The molecule has 0 spiro atoms.